The van der Waals surface area contributed by atoms with Gasteiger partial charge in [-0.2, -0.15) is 0 Å². The Balaban J connectivity index is 3.09. The summed E-state index contributed by atoms with van der Waals surface area (Å²) in [5.41, 5.74) is 0. The van der Waals surface area contributed by atoms with Crippen molar-refractivity contribution in [3.8, 4) is 0 Å². The fourth-order valence-electron chi connectivity index (χ4n) is 2.47. The third-order valence-electron chi connectivity index (χ3n) is 3.83. The van der Waals surface area contributed by atoms with Crippen molar-refractivity contribution in [3.05, 3.63) is 12.7 Å². The molecule has 0 fully saturated rings. The first kappa shape index (κ1) is 21.9. The fourth-order valence-corrected chi connectivity index (χ4v) is 4.40. The third kappa shape index (κ3) is 18.0. The van der Waals surface area contributed by atoms with E-state index in [9.17, 15) is 4.79 Å². The van der Waals surface area contributed by atoms with Crippen LogP contribution in [0.25, 0.3) is 0 Å². The molecule has 130 valence electrons. The molecule has 0 aliphatic heterocycles. The number of rotatable bonds is 15. The molecular formula is C18H35BrO2Si. The maximum absolute atomic E-state index is 10.8. The zero-order valence-corrected chi connectivity index (χ0v) is 17.3. The summed E-state index contributed by atoms with van der Waals surface area (Å²) in [4.78, 5) is 10.8. The van der Waals surface area contributed by atoms with Crippen LogP contribution in [0.2, 0.25) is 19.1 Å². The van der Waals surface area contributed by atoms with Crippen molar-refractivity contribution in [1.29, 1.82) is 0 Å². The summed E-state index contributed by atoms with van der Waals surface area (Å²) in [5, 5.41) is 0. The van der Waals surface area contributed by atoms with Crippen LogP contribution in [0.3, 0.4) is 0 Å². The summed E-state index contributed by atoms with van der Waals surface area (Å²) in [6, 6.07) is 1.41. The highest BCUT2D eigenvalue weighted by molar-refractivity contribution is 9.26. The van der Waals surface area contributed by atoms with Gasteiger partial charge in [-0.3, -0.25) is 0 Å². The van der Waals surface area contributed by atoms with Crippen molar-refractivity contribution in [2.45, 2.75) is 89.8 Å². The minimum Gasteiger partial charge on any atom is -0.463 e. The maximum atomic E-state index is 10.8. The Morgan fingerprint density at radius 3 is 1.73 bits per heavy atom. The van der Waals surface area contributed by atoms with Gasteiger partial charge < -0.3 is 4.74 Å². The van der Waals surface area contributed by atoms with Gasteiger partial charge in [0.1, 0.15) is 6.69 Å². The van der Waals surface area contributed by atoms with Gasteiger partial charge in [0.2, 0.25) is 0 Å². The van der Waals surface area contributed by atoms with E-state index in [0.29, 0.717) is 6.61 Å². The molecule has 0 radical (unpaired) electrons. The van der Waals surface area contributed by atoms with Crippen molar-refractivity contribution in [1.82, 2.24) is 0 Å². The minimum atomic E-state index is -0.986. The number of ether oxygens (including phenoxy) is 1. The van der Waals surface area contributed by atoms with E-state index < -0.39 is 6.69 Å². The zero-order chi connectivity index (χ0) is 16.7. The molecule has 0 spiro atoms. The number of hydrogen-bond acceptors (Lipinski definition) is 2. The molecule has 0 atom stereocenters. The predicted molar refractivity (Wildman–Crippen MR) is 103 cm³/mol. The van der Waals surface area contributed by atoms with E-state index in [1.807, 2.05) is 0 Å². The van der Waals surface area contributed by atoms with E-state index in [-0.39, 0.29) is 5.97 Å². The van der Waals surface area contributed by atoms with Crippen LogP contribution in [0.1, 0.15) is 70.6 Å². The first-order chi connectivity index (χ1) is 10.5. The summed E-state index contributed by atoms with van der Waals surface area (Å²) in [7, 11) is 0. The molecule has 22 heavy (non-hydrogen) atoms. The molecule has 4 heteroatoms. The highest BCUT2D eigenvalue weighted by Crippen LogP contribution is 2.21. The van der Waals surface area contributed by atoms with Gasteiger partial charge in [-0.15, -0.1) is 15.3 Å². The number of unbranched alkanes of at least 4 members (excludes halogenated alkanes) is 10. The van der Waals surface area contributed by atoms with Gasteiger partial charge in [0, 0.05) is 6.08 Å². The molecule has 0 aromatic rings. The zero-order valence-electron chi connectivity index (χ0n) is 14.7. The Bertz CT molecular complexity index is 287. The molecule has 0 saturated heterocycles. The summed E-state index contributed by atoms with van der Waals surface area (Å²) >= 11 is 3.83. The van der Waals surface area contributed by atoms with Crippen molar-refractivity contribution in [3.63, 3.8) is 0 Å². The molecule has 0 N–H and O–H groups in total. The summed E-state index contributed by atoms with van der Waals surface area (Å²) in [6.07, 6.45) is 15.7. The average Bonchev–Trinajstić information content (AvgIpc) is 2.46. The van der Waals surface area contributed by atoms with Crippen LogP contribution in [0.5, 0.6) is 0 Å². The van der Waals surface area contributed by atoms with E-state index in [0.717, 1.165) is 12.8 Å². The van der Waals surface area contributed by atoms with E-state index in [2.05, 4.69) is 35.0 Å². The second-order valence-electron chi connectivity index (χ2n) is 6.73. The molecular weight excluding hydrogens is 356 g/mol. The maximum Gasteiger partial charge on any atom is 0.330 e. The Hall–Kier alpha value is -0.0931. The molecule has 0 saturated carbocycles. The SMILES string of the molecule is C=CC(=O)OCCCCCCCCCCCCC[Si](C)(C)Br. The molecule has 0 heterocycles. The van der Waals surface area contributed by atoms with Crippen LogP contribution in [0.4, 0.5) is 0 Å². The Kier molecular flexibility index (Phi) is 14.4. The number of halogens is 1. The van der Waals surface area contributed by atoms with Crippen LogP contribution >= 0.6 is 15.3 Å². The minimum absolute atomic E-state index is 0.304. The second-order valence-corrected chi connectivity index (χ2v) is 17.1. The van der Waals surface area contributed by atoms with E-state index in [1.165, 1.54) is 69.9 Å². The Morgan fingerprint density at radius 1 is 0.909 bits per heavy atom. The molecule has 0 aliphatic carbocycles. The number of carbonyl (C=O) groups excluding carboxylic acids is 1. The number of hydrogen-bond donors (Lipinski definition) is 0. The molecule has 2 nitrogen and oxygen atoms in total. The lowest BCUT2D eigenvalue weighted by Gasteiger charge is -2.12. The van der Waals surface area contributed by atoms with E-state index in [4.69, 9.17) is 4.74 Å². The lowest BCUT2D eigenvalue weighted by atomic mass is 10.1. The first-order valence-corrected chi connectivity index (χ1v) is 14.4. The summed E-state index contributed by atoms with van der Waals surface area (Å²) in [6.45, 7) is 7.70. The van der Waals surface area contributed by atoms with Crippen LogP contribution in [-0.2, 0) is 9.53 Å². The second kappa shape index (κ2) is 14.5. The average molecular weight is 391 g/mol. The largest absolute Gasteiger partial charge is 0.463 e. The lowest BCUT2D eigenvalue weighted by Crippen LogP contribution is -2.13. The van der Waals surface area contributed by atoms with Gasteiger partial charge in [0.05, 0.1) is 6.61 Å². The Morgan fingerprint density at radius 2 is 1.32 bits per heavy atom. The number of esters is 1. The van der Waals surface area contributed by atoms with Crippen LogP contribution in [-0.4, -0.2) is 19.3 Å². The van der Waals surface area contributed by atoms with Crippen LogP contribution in [0, 0.1) is 0 Å². The van der Waals surface area contributed by atoms with Crippen molar-refractivity contribution < 1.29 is 9.53 Å². The fraction of sp³-hybridized carbons (Fsp3) is 0.833. The van der Waals surface area contributed by atoms with Gasteiger partial charge in [-0.1, -0.05) is 83.9 Å². The molecule has 0 aliphatic rings. The van der Waals surface area contributed by atoms with Crippen LogP contribution < -0.4 is 0 Å². The molecule has 0 amide bonds. The normalized spacial score (nSPS) is 11.4. The molecule has 0 aromatic heterocycles. The highest BCUT2D eigenvalue weighted by Gasteiger charge is 2.14. The molecule has 0 aromatic carbocycles. The predicted octanol–water partition coefficient (Wildman–Crippen LogP) is 6.61. The molecule has 0 rings (SSSR count). The molecule has 0 unspecified atom stereocenters. The summed E-state index contributed by atoms with van der Waals surface area (Å²) < 4.78 is 4.95. The monoisotopic (exact) mass is 390 g/mol. The lowest BCUT2D eigenvalue weighted by molar-refractivity contribution is -0.137. The quantitative estimate of drug-likeness (QED) is 0.103. The van der Waals surface area contributed by atoms with Gasteiger partial charge in [-0.05, 0) is 12.5 Å². The van der Waals surface area contributed by atoms with Gasteiger partial charge in [-0.25, -0.2) is 4.79 Å². The standard InChI is InChI=1S/C18H35BrO2Si/c1-4-18(20)21-16-14-12-10-8-6-5-7-9-11-13-15-17-22(2,3)19/h4H,1,5-17H2,2-3H3. The van der Waals surface area contributed by atoms with Gasteiger partial charge in [0.25, 0.3) is 0 Å². The van der Waals surface area contributed by atoms with Gasteiger partial charge in [0.15, 0.2) is 0 Å². The van der Waals surface area contributed by atoms with Crippen LogP contribution in [0.15, 0.2) is 12.7 Å². The van der Waals surface area contributed by atoms with Crippen molar-refractivity contribution in [2.75, 3.05) is 6.61 Å². The van der Waals surface area contributed by atoms with Crippen molar-refractivity contribution in [2.24, 2.45) is 0 Å². The van der Waals surface area contributed by atoms with E-state index in [1.54, 1.807) is 0 Å². The topological polar surface area (TPSA) is 26.3 Å². The smallest absolute Gasteiger partial charge is 0.330 e. The third-order valence-corrected chi connectivity index (χ3v) is 6.56. The number of carbonyl (C=O) groups is 1. The molecule has 0 bridgehead atoms. The summed E-state index contributed by atoms with van der Waals surface area (Å²) in [5.74, 6) is -0.304. The first-order valence-electron chi connectivity index (χ1n) is 8.94. The highest BCUT2D eigenvalue weighted by atomic mass is 79.9. The van der Waals surface area contributed by atoms with E-state index >= 15 is 0 Å². The Labute approximate surface area is 146 Å². The van der Waals surface area contributed by atoms with Gasteiger partial charge >= 0.3 is 5.97 Å². The van der Waals surface area contributed by atoms with Crippen molar-refractivity contribution >= 4 is 28.0 Å².